The van der Waals surface area contributed by atoms with Gasteiger partial charge in [0.25, 0.3) is 5.91 Å². The second-order valence-corrected chi connectivity index (χ2v) is 5.43. The van der Waals surface area contributed by atoms with Crippen molar-refractivity contribution in [3.8, 4) is 0 Å². The summed E-state index contributed by atoms with van der Waals surface area (Å²) in [4.78, 5) is 12.0. The van der Waals surface area contributed by atoms with E-state index in [1.165, 1.54) is 0 Å². The highest BCUT2D eigenvalue weighted by molar-refractivity contribution is 14.1. The number of hydrogen-bond acceptors (Lipinski definition) is 2. The fourth-order valence-electron chi connectivity index (χ4n) is 1.50. The summed E-state index contributed by atoms with van der Waals surface area (Å²) < 4.78 is 0.925. The standard InChI is InChI=1S/C12H11ClIN3O/c1-7(9-5-15-16-6-9)17-12(18)8-2-3-11(14)10(13)4-8/h2-7H,1H3,(H,15,16)(H,17,18). The number of nitrogens with one attached hydrogen (secondary N) is 2. The molecule has 0 radical (unpaired) electrons. The highest BCUT2D eigenvalue weighted by Crippen LogP contribution is 2.20. The van der Waals surface area contributed by atoms with Gasteiger partial charge in [-0.1, -0.05) is 11.6 Å². The molecule has 1 amide bonds. The number of rotatable bonds is 3. The molecule has 4 nitrogen and oxygen atoms in total. The van der Waals surface area contributed by atoms with Crippen LogP contribution in [0.15, 0.2) is 30.6 Å². The summed E-state index contributed by atoms with van der Waals surface area (Å²) in [6, 6.07) is 5.14. The molecule has 0 saturated heterocycles. The zero-order chi connectivity index (χ0) is 13.1. The predicted octanol–water partition coefficient (Wildman–Crippen LogP) is 3.16. The van der Waals surface area contributed by atoms with Crippen LogP contribution in [-0.2, 0) is 0 Å². The summed E-state index contributed by atoms with van der Waals surface area (Å²) in [6.45, 7) is 1.90. The van der Waals surface area contributed by atoms with Crippen LogP contribution in [0.4, 0.5) is 0 Å². The third kappa shape index (κ3) is 3.02. The van der Waals surface area contributed by atoms with Crippen molar-refractivity contribution >= 4 is 40.1 Å². The molecule has 2 aromatic rings. The molecule has 18 heavy (non-hydrogen) atoms. The van der Waals surface area contributed by atoms with E-state index in [1.807, 2.05) is 13.0 Å². The van der Waals surface area contributed by atoms with Gasteiger partial charge in [0.1, 0.15) is 0 Å². The maximum atomic E-state index is 12.0. The van der Waals surface area contributed by atoms with Crippen LogP contribution in [0.1, 0.15) is 28.9 Å². The molecule has 0 spiro atoms. The molecule has 1 atom stereocenters. The van der Waals surface area contributed by atoms with E-state index in [2.05, 4.69) is 38.1 Å². The lowest BCUT2D eigenvalue weighted by atomic mass is 10.1. The number of aromatic amines is 1. The number of amides is 1. The smallest absolute Gasteiger partial charge is 0.251 e. The molecule has 2 rings (SSSR count). The molecule has 1 unspecified atom stereocenters. The number of carbonyl (C=O) groups excluding carboxylic acids is 1. The van der Waals surface area contributed by atoms with Gasteiger partial charge in [0.05, 0.1) is 17.3 Å². The van der Waals surface area contributed by atoms with Crippen molar-refractivity contribution in [2.45, 2.75) is 13.0 Å². The topological polar surface area (TPSA) is 57.8 Å². The third-order valence-corrected chi connectivity index (χ3v) is 4.12. The largest absolute Gasteiger partial charge is 0.345 e. The van der Waals surface area contributed by atoms with E-state index in [4.69, 9.17) is 11.6 Å². The Labute approximate surface area is 123 Å². The van der Waals surface area contributed by atoms with E-state index in [-0.39, 0.29) is 11.9 Å². The van der Waals surface area contributed by atoms with Crippen LogP contribution < -0.4 is 5.32 Å². The fourth-order valence-corrected chi connectivity index (χ4v) is 2.01. The predicted molar refractivity (Wildman–Crippen MR) is 78.6 cm³/mol. The molecule has 0 bridgehead atoms. The van der Waals surface area contributed by atoms with Crippen molar-refractivity contribution in [1.29, 1.82) is 0 Å². The number of benzene rings is 1. The minimum atomic E-state index is -0.151. The van der Waals surface area contributed by atoms with Gasteiger partial charge in [-0.25, -0.2) is 0 Å². The Morgan fingerprint density at radius 3 is 2.94 bits per heavy atom. The fraction of sp³-hybridized carbons (Fsp3) is 0.167. The molecular weight excluding hydrogens is 365 g/mol. The first kappa shape index (κ1) is 13.4. The molecule has 1 aromatic carbocycles. The molecule has 0 aliphatic heterocycles. The molecule has 0 aliphatic rings. The molecule has 1 heterocycles. The molecule has 94 valence electrons. The summed E-state index contributed by atoms with van der Waals surface area (Å²) in [6.07, 6.45) is 3.44. The van der Waals surface area contributed by atoms with Crippen molar-refractivity contribution in [3.63, 3.8) is 0 Å². The van der Waals surface area contributed by atoms with Gasteiger partial charge in [0.2, 0.25) is 0 Å². The zero-order valence-electron chi connectivity index (χ0n) is 9.58. The third-order valence-electron chi connectivity index (χ3n) is 2.55. The minimum Gasteiger partial charge on any atom is -0.345 e. The summed E-state index contributed by atoms with van der Waals surface area (Å²) in [5, 5.41) is 10.0. The van der Waals surface area contributed by atoms with Crippen LogP contribution in [0, 0.1) is 3.57 Å². The number of nitrogens with zero attached hydrogens (tertiary/aromatic N) is 1. The number of carbonyl (C=O) groups is 1. The number of H-pyrrole nitrogens is 1. The van der Waals surface area contributed by atoms with Crippen LogP contribution in [-0.4, -0.2) is 16.1 Å². The normalized spacial score (nSPS) is 12.2. The quantitative estimate of drug-likeness (QED) is 0.810. The van der Waals surface area contributed by atoms with Crippen molar-refractivity contribution < 1.29 is 4.79 Å². The summed E-state index contributed by atoms with van der Waals surface area (Å²) in [5.74, 6) is -0.151. The molecule has 0 aliphatic carbocycles. The Kier molecular flexibility index (Phi) is 4.23. The number of aromatic nitrogens is 2. The van der Waals surface area contributed by atoms with Crippen LogP contribution in [0.3, 0.4) is 0 Å². The Bertz CT molecular complexity index is 556. The average Bonchev–Trinajstić information content (AvgIpc) is 2.86. The maximum Gasteiger partial charge on any atom is 0.251 e. The van der Waals surface area contributed by atoms with Gasteiger partial charge in [0.15, 0.2) is 0 Å². The Morgan fingerprint density at radius 1 is 1.56 bits per heavy atom. The molecule has 2 N–H and O–H groups in total. The first-order valence-electron chi connectivity index (χ1n) is 5.32. The monoisotopic (exact) mass is 375 g/mol. The van der Waals surface area contributed by atoms with E-state index in [1.54, 1.807) is 24.5 Å². The van der Waals surface area contributed by atoms with Crippen molar-refractivity contribution in [3.05, 3.63) is 50.3 Å². The van der Waals surface area contributed by atoms with Gasteiger partial charge in [-0.2, -0.15) is 5.10 Å². The van der Waals surface area contributed by atoms with Gasteiger partial charge in [-0.3, -0.25) is 9.89 Å². The summed E-state index contributed by atoms with van der Waals surface area (Å²) in [7, 11) is 0. The average molecular weight is 376 g/mol. The lowest BCUT2D eigenvalue weighted by molar-refractivity contribution is 0.0940. The van der Waals surface area contributed by atoms with E-state index < -0.39 is 0 Å². The van der Waals surface area contributed by atoms with E-state index in [9.17, 15) is 4.79 Å². The molecule has 0 saturated carbocycles. The summed E-state index contributed by atoms with van der Waals surface area (Å²) in [5.41, 5.74) is 1.48. The van der Waals surface area contributed by atoms with Crippen molar-refractivity contribution in [2.24, 2.45) is 0 Å². The van der Waals surface area contributed by atoms with Gasteiger partial charge in [-0.05, 0) is 47.7 Å². The van der Waals surface area contributed by atoms with Crippen LogP contribution in [0.25, 0.3) is 0 Å². The van der Waals surface area contributed by atoms with E-state index in [0.717, 1.165) is 9.13 Å². The van der Waals surface area contributed by atoms with E-state index in [0.29, 0.717) is 10.6 Å². The first-order chi connectivity index (χ1) is 8.58. The number of halogens is 2. The van der Waals surface area contributed by atoms with Crippen molar-refractivity contribution in [2.75, 3.05) is 0 Å². The van der Waals surface area contributed by atoms with Gasteiger partial charge >= 0.3 is 0 Å². The highest BCUT2D eigenvalue weighted by Gasteiger charge is 2.13. The van der Waals surface area contributed by atoms with Crippen molar-refractivity contribution in [1.82, 2.24) is 15.5 Å². The lowest BCUT2D eigenvalue weighted by Gasteiger charge is -2.12. The SMILES string of the molecule is CC(NC(=O)c1ccc(I)c(Cl)c1)c1cn[nH]c1. The lowest BCUT2D eigenvalue weighted by Crippen LogP contribution is -2.26. The zero-order valence-corrected chi connectivity index (χ0v) is 12.5. The van der Waals surface area contributed by atoms with Gasteiger partial charge < -0.3 is 5.32 Å². The summed E-state index contributed by atoms with van der Waals surface area (Å²) >= 11 is 8.11. The molecular formula is C12H11ClIN3O. The van der Waals surface area contributed by atoms with Gasteiger partial charge in [0, 0.05) is 20.9 Å². The van der Waals surface area contributed by atoms with Gasteiger partial charge in [-0.15, -0.1) is 0 Å². The number of hydrogen-bond donors (Lipinski definition) is 2. The van der Waals surface area contributed by atoms with Crippen LogP contribution >= 0.6 is 34.2 Å². The Balaban J connectivity index is 2.10. The van der Waals surface area contributed by atoms with E-state index >= 15 is 0 Å². The second-order valence-electron chi connectivity index (χ2n) is 3.86. The Hall–Kier alpha value is -1.08. The van der Waals surface area contributed by atoms with Crippen LogP contribution in [0.2, 0.25) is 5.02 Å². The first-order valence-corrected chi connectivity index (χ1v) is 6.78. The molecule has 0 fully saturated rings. The Morgan fingerprint density at radius 2 is 2.33 bits per heavy atom. The highest BCUT2D eigenvalue weighted by atomic mass is 127. The second kappa shape index (κ2) is 5.71. The maximum absolute atomic E-state index is 12.0. The molecule has 6 heteroatoms. The van der Waals surface area contributed by atoms with Crippen LogP contribution in [0.5, 0.6) is 0 Å². The molecule has 1 aromatic heterocycles. The minimum absolute atomic E-state index is 0.102.